The van der Waals surface area contributed by atoms with E-state index in [0.29, 0.717) is 17.6 Å². The van der Waals surface area contributed by atoms with Gasteiger partial charge in [-0.2, -0.15) is 0 Å². The average molecular weight is 434 g/mol. The van der Waals surface area contributed by atoms with E-state index in [-0.39, 0.29) is 5.91 Å². The molecule has 6 nitrogen and oxygen atoms in total. The molecule has 2 aromatic carbocycles. The Kier molecular flexibility index (Phi) is 6.14. The van der Waals surface area contributed by atoms with E-state index in [1.807, 2.05) is 36.4 Å². The van der Waals surface area contributed by atoms with Crippen LogP contribution >= 0.6 is 0 Å². The Balaban J connectivity index is 1.20. The zero-order valence-electron chi connectivity index (χ0n) is 18.6. The molecule has 2 fully saturated rings. The van der Waals surface area contributed by atoms with Crippen LogP contribution in [-0.4, -0.2) is 36.3 Å². The summed E-state index contributed by atoms with van der Waals surface area (Å²) in [6.45, 7) is 3.33. The van der Waals surface area contributed by atoms with Crippen molar-refractivity contribution in [2.75, 3.05) is 25.1 Å². The third kappa shape index (κ3) is 4.97. The summed E-state index contributed by atoms with van der Waals surface area (Å²) < 4.78 is 13.6. The Labute approximate surface area is 188 Å². The SMILES string of the molecule is Cn1c(CNC[C@H]2CCCO2)cc2cc(NC(=O)c3ccc(OCC4CC4)cc3)ccc21. The van der Waals surface area contributed by atoms with Crippen LogP contribution in [0.15, 0.2) is 48.5 Å². The summed E-state index contributed by atoms with van der Waals surface area (Å²) >= 11 is 0. The number of aromatic nitrogens is 1. The van der Waals surface area contributed by atoms with Crippen LogP contribution in [-0.2, 0) is 18.3 Å². The number of rotatable bonds is 9. The van der Waals surface area contributed by atoms with Crippen molar-refractivity contribution in [3.8, 4) is 5.75 Å². The highest BCUT2D eigenvalue weighted by Crippen LogP contribution is 2.29. The van der Waals surface area contributed by atoms with Gasteiger partial charge in [0.1, 0.15) is 5.75 Å². The van der Waals surface area contributed by atoms with E-state index in [4.69, 9.17) is 9.47 Å². The minimum absolute atomic E-state index is 0.118. The molecule has 1 atom stereocenters. The average Bonchev–Trinajstić information content (AvgIpc) is 3.40. The molecule has 2 heterocycles. The molecule has 0 unspecified atom stereocenters. The predicted octanol–water partition coefficient (Wildman–Crippen LogP) is 4.49. The summed E-state index contributed by atoms with van der Waals surface area (Å²) in [5.74, 6) is 1.41. The summed E-state index contributed by atoms with van der Waals surface area (Å²) in [6, 6.07) is 15.6. The first-order chi connectivity index (χ1) is 15.7. The van der Waals surface area contributed by atoms with E-state index in [9.17, 15) is 4.79 Å². The van der Waals surface area contributed by atoms with Gasteiger partial charge in [0.25, 0.3) is 5.91 Å². The molecule has 0 radical (unpaired) electrons. The number of amides is 1. The topological polar surface area (TPSA) is 64.5 Å². The molecule has 5 rings (SSSR count). The molecule has 0 bridgehead atoms. The van der Waals surface area contributed by atoms with Gasteiger partial charge >= 0.3 is 0 Å². The van der Waals surface area contributed by atoms with Crippen molar-refractivity contribution in [1.82, 2.24) is 9.88 Å². The number of nitrogens with zero attached hydrogens (tertiary/aromatic N) is 1. The van der Waals surface area contributed by atoms with Crippen LogP contribution in [0.4, 0.5) is 5.69 Å². The highest BCUT2D eigenvalue weighted by Gasteiger charge is 2.22. The molecule has 1 aliphatic carbocycles. The Morgan fingerprint density at radius 2 is 1.97 bits per heavy atom. The van der Waals surface area contributed by atoms with E-state index < -0.39 is 0 Å². The van der Waals surface area contributed by atoms with E-state index in [0.717, 1.165) is 61.5 Å². The van der Waals surface area contributed by atoms with Crippen molar-refractivity contribution in [1.29, 1.82) is 0 Å². The van der Waals surface area contributed by atoms with E-state index in [1.165, 1.54) is 18.5 Å². The largest absolute Gasteiger partial charge is 0.493 e. The van der Waals surface area contributed by atoms with Crippen molar-refractivity contribution in [2.24, 2.45) is 13.0 Å². The van der Waals surface area contributed by atoms with E-state index >= 15 is 0 Å². The Morgan fingerprint density at radius 1 is 1.12 bits per heavy atom. The molecule has 1 saturated carbocycles. The van der Waals surface area contributed by atoms with Crippen molar-refractivity contribution in [3.05, 3.63) is 59.8 Å². The van der Waals surface area contributed by atoms with Crippen LogP contribution in [0.25, 0.3) is 10.9 Å². The van der Waals surface area contributed by atoms with Crippen molar-refractivity contribution in [3.63, 3.8) is 0 Å². The maximum atomic E-state index is 12.7. The second kappa shape index (κ2) is 9.35. The molecule has 1 aromatic heterocycles. The summed E-state index contributed by atoms with van der Waals surface area (Å²) in [7, 11) is 2.08. The molecule has 2 N–H and O–H groups in total. The predicted molar refractivity (Wildman–Crippen MR) is 126 cm³/mol. The van der Waals surface area contributed by atoms with E-state index in [1.54, 1.807) is 0 Å². The van der Waals surface area contributed by atoms with Gasteiger partial charge in [0.2, 0.25) is 0 Å². The standard InChI is InChI=1S/C26H31N3O3/c1-29-22(15-27-16-24-3-2-12-31-24)14-20-13-21(8-11-25(20)29)28-26(30)19-6-9-23(10-7-19)32-17-18-4-5-18/h6-11,13-14,18,24,27H,2-5,12,15-17H2,1H3,(H,28,30)/t24-/m1/s1. The van der Waals surface area contributed by atoms with Gasteiger partial charge in [0.05, 0.1) is 12.7 Å². The summed E-state index contributed by atoms with van der Waals surface area (Å²) in [5.41, 5.74) is 3.77. The van der Waals surface area contributed by atoms with Gasteiger partial charge in [-0.3, -0.25) is 4.79 Å². The van der Waals surface area contributed by atoms with Crippen LogP contribution in [0.3, 0.4) is 0 Å². The Bertz CT molecular complexity index is 1080. The first kappa shape index (κ1) is 21.0. The molecule has 0 spiro atoms. The third-order valence-corrected chi connectivity index (χ3v) is 6.40. The monoisotopic (exact) mass is 433 g/mol. The number of fused-ring (bicyclic) bond motifs is 1. The van der Waals surface area contributed by atoms with E-state index in [2.05, 4.69) is 34.4 Å². The molecule has 1 amide bonds. The maximum absolute atomic E-state index is 12.7. The van der Waals surface area contributed by atoms with Crippen LogP contribution in [0.2, 0.25) is 0 Å². The van der Waals surface area contributed by atoms with Gasteiger partial charge < -0.3 is 24.7 Å². The lowest BCUT2D eigenvalue weighted by Gasteiger charge is -2.11. The minimum Gasteiger partial charge on any atom is -0.493 e. The highest BCUT2D eigenvalue weighted by molar-refractivity contribution is 6.05. The fourth-order valence-electron chi connectivity index (χ4n) is 4.22. The number of nitrogens with one attached hydrogen (secondary N) is 2. The molecule has 3 aromatic rings. The van der Waals surface area contributed by atoms with Gasteiger partial charge in [-0.1, -0.05) is 0 Å². The van der Waals surface area contributed by atoms with Crippen LogP contribution in [0, 0.1) is 5.92 Å². The van der Waals surface area contributed by atoms with Crippen molar-refractivity contribution >= 4 is 22.5 Å². The van der Waals surface area contributed by atoms with Gasteiger partial charge in [0, 0.05) is 54.6 Å². The zero-order chi connectivity index (χ0) is 21.9. The number of aryl methyl sites for hydroxylation is 1. The molecule has 1 saturated heterocycles. The number of benzene rings is 2. The quantitative estimate of drug-likeness (QED) is 0.522. The molecule has 2 aliphatic rings. The zero-order valence-corrected chi connectivity index (χ0v) is 18.6. The number of ether oxygens (including phenoxy) is 2. The third-order valence-electron chi connectivity index (χ3n) is 6.40. The molecule has 32 heavy (non-hydrogen) atoms. The summed E-state index contributed by atoms with van der Waals surface area (Å²) in [5, 5.41) is 7.64. The van der Waals surface area contributed by atoms with Crippen LogP contribution in [0.5, 0.6) is 5.75 Å². The lowest BCUT2D eigenvalue weighted by Crippen LogP contribution is -2.26. The second-order valence-corrected chi connectivity index (χ2v) is 8.97. The van der Waals surface area contributed by atoms with Gasteiger partial charge in [-0.25, -0.2) is 0 Å². The number of carbonyl (C=O) groups excluding carboxylic acids is 1. The first-order valence-corrected chi connectivity index (χ1v) is 11.6. The lowest BCUT2D eigenvalue weighted by molar-refractivity contribution is 0.102. The molecular formula is C26H31N3O3. The first-order valence-electron chi connectivity index (χ1n) is 11.6. The maximum Gasteiger partial charge on any atom is 0.255 e. The van der Waals surface area contributed by atoms with Crippen molar-refractivity contribution in [2.45, 2.75) is 38.3 Å². The summed E-state index contributed by atoms with van der Waals surface area (Å²) in [4.78, 5) is 12.7. The highest BCUT2D eigenvalue weighted by atomic mass is 16.5. The molecular weight excluding hydrogens is 402 g/mol. The molecule has 168 valence electrons. The minimum atomic E-state index is -0.118. The number of hydrogen-bond acceptors (Lipinski definition) is 4. The van der Waals surface area contributed by atoms with Crippen LogP contribution in [0.1, 0.15) is 41.7 Å². The van der Waals surface area contributed by atoms with Crippen molar-refractivity contribution < 1.29 is 14.3 Å². The number of anilines is 1. The van der Waals surface area contributed by atoms with Crippen LogP contribution < -0.4 is 15.4 Å². The smallest absolute Gasteiger partial charge is 0.255 e. The van der Waals surface area contributed by atoms with Gasteiger partial charge in [-0.15, -0.1) is 0 Å². The fourth-order valence-corrected chi connectivity index (χ4v) is 4.22. The second-order valence-electron chi connectivity index (χ2n) is 8.97. The number of hydrogen-bond donors (Lipinski definition) is 2. The molecule has 1 aliphatic heterocycles. The normalized spacial score (nSPS) is 18.2. The number of carbonyl (C=O) groups is 1. The summed E-state index contributed by atoms with van der Waals surface area (Å²) in [6.07, 6.45) is 5.17. The molecule has 6 heteroatoms. The fraction of sp³-hybridized carbons (Fsp3) is 0.423. The Hall–Kier alpha value is -2.83. The van der Waals surface area contributed by atoms with Gasteiger partial charge in [0.15, 0.2) is 0 Å². The lowest BCUT2D eigenvalue weighted by atomic mass is 10.2. The Morgan fingerprint density at radius 3 is 2.72 bits per heavy atom. The van der Waals surface area contributed by atoms with Gasteiger partial charge in [-0.05, 0) is 80.1 Å².